The molecule has 0 aliphatic heterocycles. The molecule has 2 aromatic heterocycles. The molecule has 4 aromatic rings. The van der Waals surface area contributed by atoms with Gasteiger partial charge in [0, 0.05) is 23.6 Å². The monoisotopic (exact) mass is 302 g/mol. The molecule has 0 saturated carbocycles. The number of phenols is 1. The van der Waals surface area contributed by atoms with Gasteiger partial charge in [0.2, 0.25) is 5.78 Å². The molecule has 2 aromatic carbocycles. The topological polar surface area (TPSA) is 62.5 Å². The Hall–Kier alpha value is -3.34. The van der Waals surface area contributed by atoms with Gasteiger partial charge in [-0.05, 0) is 30.3 Å². The number of anilines is 2. The summed E-state index contributed by atoms with van der Waals surface area (Å²) in [6.45, 7) is 0. The van der Waals surface area contributed by atoms with Gasteiger partial charge < -0.3 is 10.4 Å². The second-order valence-electron chi connectivity index (χ2n) is 5.11. The van der Waals surface area contributed by atoms with Crippen molar-refractivity contribution in [2.45, 2.75) is 0 Å². The minimum absolute atomic E-state index is 0.187. The number of para-hydroxylation sites is 2. The quantitative estimate of drug-likeness (QED) is 0.603. The van der Waals surface area contributed by atoms with Gasteiger partial charge in [0.1, 0.15) is 17.3 Å². The molecule has 0 unspecified atom stereocenters. The van der Waals surface area contributed by atoms with Crippen LogP contribution < -0.4 is 5.32 Å². The molecule has 23 heavy (non-hydrogen) atoms. The number of imidazole rings is 1. The maximum atomic E-state index is 10.2. The third kappa shape index (κ3) is 2.38. The van der Waals surface area contributed by atoms with Gasteiger partial charge in [0.25, 0.3) is 0 Å². The Kier molecular flexibility index (Phi) is 3.16. The largest absolute Gasteiger partial charge is 0.507 e. The first-order valence-electron chi connectivity index (χ1n) is 7.26. The molecule has 112 valence electrons. The molecule has 5 heteroatoms. The van der Waals surface area contributed by atoms with Crippen molar-refractivity contribution < 1.29 is 5.11 Å². The number of phenolic OH excluding ortho intramolecular Hbond substituents is 1. The lowest BCUT2D eigenvalue weighted by molar-refractivity contribution is 0.477. The third-order valence-electron chi connectivity index (χ3n) is 3.60. The highest BCUT2D eigenvalue weighted by Gasteiger charge is 2.17. The summed E-state index contributed by atoms with van der Waals surface area (Å²) in [5.74, 6) is 1.53. The molecule has 0 fully saturated rings. The Balaban J connectivity index is 1.93. The van der Waals surface area contributed by atoms with Gasteiger partial charge in [-0.1, -0.05) is 30.3 Å². The van der Waals surface area contributed by atoms with E-state index in [2.05, 4.69) is 15.3 Å². The molecule has 0 saturated heterocycles. The smallest absolute Gasteiger partial charge is 0.235 e. The summed E-state index contributed by atoms with van der Waals surface area (Å²) in [4.78, 5) is 8.86. The Morgan fingerprint density at radius 1 is 0.913 bits per heavy atom. The first kappa shape index (κ1) is 13.3. The van der Waals surface area contributed by atoms with E-state index in [-0.39, 0.29) is 5.75 Å². The lowest BCUT2D eigenvalue weighted by atomic mass is 10.1. The summed E-state index contributed by atoms with van der Waals surface area (Å²) in [7, 11) is 0. The average Bonchev–Trinajstić information content (AvgIpc) is 2.95. The van der Waals surface area contributed by atoms with Crippen molar-refractivity contribution >= 4 is 17.3 Å². The predicted octanol–water partition coefficient (Wildman–Crippen LogP) is 3.85. The molecular formula is C18H14N4O. The van der Waals surface area contributed by atoms with E-state index in [1.165, 1.54) is 0 Å². The van der Waals surface area contributed by atoms with Crippen LogP contribution in [0.2, 0.25) is 0 Å². The highest BCUT2D eigenvalue weighted by molar-refractivity contribution is 5.81. The number of nitrogens with zero attached hydrogens (tertiary/aromatic N) is 3. The molecule has 0 spiro atoms. The fourth-order valence-corrected chi connectivity index (χ4v) is 2.53. The van der Waals surface area contributed by atoms with Crippen molar-refractivity contribution in [2.75, 3.05) is 5.32 Å². The Bertz CT molecular complexity index is 963. The van der Waals surface area contributed by atoms with Crippen LogP contribution >= 0.6 is 0 Å². The highest BCUT2D eigenvalue weighted by Crippen LogP contribution is 2.35. The number of benzene rings is 2. The SMILES string of the molecule is Oc1ccccc1-c1nc2ncccn2c1Nc1ccccc1. The number of rotatable bonds is 3. The fourth-order valence-electron chi connectivity index (χ4n) is 2.53. The standard InChI is InChI=1S/C18H14N4O/c23-15-10-5-4-9-14(15)16-17(20-13-7-2-1-3-8-13)22-12-6-11-19-18(22)21-16/h1-12,20,23H. The lowest BCUT2D eigenvalue weighted by Crippen LogP contribution is -1.97. The summed E-state index contributed by atoms with van der Waals surface area (Å²) < 4.78 is 1.87. The molecule has 2 N–H and O–H groups in total. The second-order valence-corrected chi connectivity index (χ2v) is 5.11. The van der Waals surface area contributed by atoms with Crippen LogP contribution in [0.25, 0.3) is 17.0 Å². The normalized spacial score (nSPS) is 10.8. The van der Waals surface area contributed by atoms with Crippen molar-refractivity contribution in [3.8, 4) is 17.0 Å². The molecule has 0 radical (unpaired) electrons. The van der Waals surface area contributed by atoms with E-state index < -0.39 is 0 Å². The lowest BCUT2D eigenvalue weighted by Gasteiger charge is -2.09. The minimum atomic E-state index is 0.187. The molecule has 0 amide bonds. The molecule has 4 rings (SSSR count). The van der Waals surface area contributed by atoms with E-state index >= 15 is 0 Å². The first-order chi connectivity index (χ1) is 11.3. The van der Waals surface area contributed by atoms with Crippen LogP contribution in [-0.4, -0.2) is 19.5 Å². The van der Waals surface area contributed by atoms with Crippen LogP contribution in [-0.2, 0) is 0 Å². The van der Waals surface area contributed by atoms with E-state index in [1.807, 2.05) is 59.1 Å². The van der Waals surface area contributed by atoms with Crippen molar-refractivity contribution in [3.63, 3.8) is 0 Å². The number of aromatic hydroxyl groups is 1. The molecule has 0 bridgehead atoms. The highest BCUT2D eigenvalue weighted by atomic mass is 16.3. The number of aromatic nitrogens is 3. The summed E-state index contributed by atoms with van der Waals surface area (Å²) in [5.41, 5.74) is 2.26. The van der Waals surface area contributed by atoms with Crippen LogP contribution in [0.5, 0.6) is 5.75 Å². The average molecular weight is 302 g/mol. The van der Waals surface area contributed by atoms with Crippen LogP contribution in [0.4, 0.5) is 11.5 Å². The zero-order valence-corrected chi connectivity index (χ0v) is 12.2. The van der Waals surface area contributed by atoms with Gasteiger partial charge in [0.15, 0.2) is 0 Å². The fraction of sp³-hybridized carbons (Fsp3) is 0. The maximum absolute atomic E-state index is 10.2. The van der Waals surface area contributed by atoms with Crippen molar-refractivity contribution in [1.82, 2.24) is 14.4 Å². The van der Waals surface area contributed by atoms with Gasteiger partial charge in [0.05, 0.1) is 0 Å². The first-order valence-corrected chi connectivity index (χ1v) is 7.26. The van der Waals surface area contributed by atoms with Gasteiger partial charge in [-0.2, -0.15) is 0 Å². The van der Waals surface area contributed by atoms with Crippen LogP contribution in [0, 0.1) is 0 Å². The Morgan fingerprint density at radius 3 is 2.52 bits per heavy atom. The maximum Gasteiger partial charge on any atom is 0.235 e. The van der Waals surface area contributed by atoms with E-state index in [1.54, 1.807) is 18.3 Å². The molecule has 5 nitrogen and oxygen atoms in total. The van der Waals surface area contributed by atoms with Crippen LogP contribution in [0.15, 0.2) is 73.1 Å². The minimum Gasteiger partial charge on any atom is -0.507 e. The summed E-state index contributed by atoms with van der Waals surface area (Å²) in [5, 5.41) is 13.6. The van der Waals surface area contributed by atoms with E-state index in [0.717, 1.165) is 11.5 Å². The molecule has 0 atom stereocenters. The van der Waals surface area contributed by atoms with Crippen LogP contribution in [0.3, 0.4) is 0 Å². The van der Waals surface area contributed by atoms with Crippen molar-refractivity contribution in [2.24, 2.45) is 0 Å². The zero-order chi connectivity index (χ0) is 15.6. The third-order valence-corrected chi connectivity index (χ3v) is 3.60. The Morgan fingerprint density at radius 2 is 1.70 bits per heavy atom. The number of fused-ring (bicyclic) bond motifs is 1. The summed E-state index contributed by atoms with van der Waals surface area (Å²) in [6, 6.07) is 18.8. The van der Waals surface area contributed by atoms with E-state index in [9.17, 15) is 5.11 Å². The van der Waals surface area contributed by atoms with Crippen LogP contribution in [0.1, 0.15) is 0 Å². The second kappa shape index (κ2) is 5.46. The van der Waals surface area contributed by atoms with Gasteiger partial charge in [-0.15, -0.1) is 0 Å². The molecule has 0 aliphatic rings. The van der Waals surface area contributed by atoms with Gasteiger partial charge in [-0.3, -0.25) is 4.40 Å². The summed E-state index contributed by atoms with van der Waals surface area (Å²) in [6.07, 6.45) is 3.59. The molecule has 2 heterocycles. The Labute approximate surface area is 132 Å². The number of hydrogen-bond acceptors (Lipinski definition) is 4. The zero-order valence-electron chi connectivity index (χ0n) is 12.2. The number of hydrogen-bond donors (Lipinski definition) is 2. The van der Waals surface area contributed by atoms with Gasteiger partial charge >= 0.3 is 0 Å². The molecular weight excluding hydrogens is 288 g/mol. The van der Waals surface area contributed by atoms with E-state index in [4.69, 9.17) is 0 Å². The molecule has 0 aliphatic carbocycles. The summed E-state index contributed by atoms with van der Waals surface area (Å²) >= 11 is 0. The van der Waals surface area contributed by atoms with Gasteiger partial charge in [-0.25, -0.2) is 9.97 Å². The van der Waals surface area contributed by atoms with Crippen molar-refractivity contribution in [3.05, 3.63) is 73.1 Å². The number of nitrogens with one attached hydrogen (secondary N) is 1. The van der Waals surface area contributed by atoms with Crippen molar-refractivity contribution in [1.29, 1.82) is 0 Å². The van der Waals surface area contributed by atoms with E-state index in [0.29, 0.717) is 17.0 Å². The predicted molar refractivity (Wildman–Crippen MR) is 89.8 cm³/mol.